The zero-order valence-electron chi connectivity index (χ0n) is 12.3. The van der Waals surface area contributed by atoms with Gasteiger partial charge in [0.2, 0.25) is 5.91 Å². The third-order valence-electron chi connectivity index (χ3n) is 3.85. The molecule has 1 rings (SSSR count). The van der Waals surface area contributed by atoms with Gasteiger partial charge in [-0.1, -0.05) is 32.0 Å². The maximum atomic E-state index is 12.3. The Labute approximate surface area is 130 Å². The van der Waals surface area contributed by atoms with Crippen LogP contribution in [0.4, 0.5) is 5.69 Å². The number of hydrogen-bond donors (Lipinski definition) is 2. The summed E-state index contributed by atoms with van der Waals surface area (Å²) in [7, 11) is 0. The summed E-state index contributed by atoms with van der Waals surface area (Å²) >= 11 is 0. The van der Waals surface area contributed by atoms with Crippen molar-refractivity contribution in [1.29, 1.82) is 0 Å². The van der Waals surface area contributed by atoms with Gasteiger partial charge in [0.15, 0.2) is 0 Å². The van der Waals surface area contributed by atoms with Crippen LogP contribution < -0.4 is 11.1 Å². The quantitative estimate of drug-likeness (QED) is 0.596. The summed E-state index contributed by atoms with van der Waals surface area (Å²) in [6.07, 6.45) is 1.28. The molecule has 0 heterocycles. The molecule has 21 heavy (non-hydrogen) atoms. The van der Waals surface area contributed by atoms with Crippen LogP contribution in [0, 0.1) is 15.5 Å². The molecule has 0 unspecified atom stereocenters. The lowest BCUT2D eigenvalue weighted by molar-refractivity contribution is -0.385. The molecule has 0 aliphatic carbocycles. The first-order chi connectivity index (χ1) is 9.50. The second-order valence-corrected chi connectivity index (χ2v) is 4.76. The van der Waals surface area contributed by atoms with Gasteiger partial charge in [0.1, 0.15) is 0 Å². The molecule has 0 radical (unpaired) electrons. The highest BCUT2D eigenvalue weighted by molar-refractivity contribution is 5.85. The number of rotatable bonds is 7. The minimum Gasteiger partial charge on any atom is -0.351 e. The van der Waals surface area contributed by atoms with Gasteiger partial charge in [-0.15, -0.1) is 12.4 Å². The van der Waals surface area contributed by atoms with Crippen molar-refractivity contribution in [1.82, 2.24) is 5.32 Å². The molecule has 0 aliphatic heterocycles. The first kappa shape index (κ1) is 19.3. The molecule has 6 nitrogen and oxygen atoms in total. The van der Waals surface area contributed by atoms with E-state index in [1.54, 1.807) is 18.2 Å². The number of carbonyl (C=O) groups excluding carboxylic acids is 1. The van der Waals surface area contributed by atoms with Crippen LogP contribution in [-0.2, 0) is 11.3 Å². The van der Waals surface area contributed by atoms with Crippen molar-refractivity contribution in [2.45, 2.75) is 33.2 Å². The zero-order chi connectivity index (χ0) is 15.2. The van der Waals surface area contributed by atoms with Crippen molar-refractivity contribution < 1.29 is 9.72 Å². The Balaban J connectivity index is 0.00000400. The molecular weight excluding hydrogens is 294 g/mol. The maximum Gasteiger partial charge on any atom is 0.274 e. The van der Waals surface area contributed by atoms with Gasteiger partial charge in [0.25, 0.3) is 5.69 Å². The number of benzene rings is 1. The number of nitrogens with one attached hydrogen (secondary N) is 1. The molecule has 0 fully saturated rings. The molecule has 0 saturated heterocycles. The van der Waals surface area contributed by atoms with Gasteiger partial charge in [-0.25, -0.2) is 0 Å². The van der Waals surface area contributed by atoms with E-state index in [-0.39, 0.29) is 37.1 Å². The minimum atomic E-state index is -0.594. The molecule has 0 atom stereocenters. The van der Waals surface area contributed by atoms with Crippen LogP contribution >= 0.6 is 12.4 Å². The second kappa shape index (κ2) is 8.59. The standard InChI is InChI=1S/C14H21N3O3.ClH/c1-3-14(4-2,10-15)13(18)16-9-11-7-5-6-8-12(11)17(19)20;/h5-8H,3-4,9-10,15H2,1-2H3,(H,16,18);1H. The Bertz CT molecular complexity index is 482. The van der Waals surface area contributed by atoms with Gasteiger partial charge < -0.3 is 11.1 Å². The minimum absolute atomic E-state index is 0. The van der Waals surface area contributed by atoms with Crippen LogP contribution in [0.2, 0.25) is 0 Å². The largest absolute Gasteiger partial charge is 0.351 e. The number of carbonyl (C=O) groups is 1. The van der Waals surface area contributed by atoms with E-state index in [0.717, 1.165) is 0 Å². The highest BCUT2D eigenvalue weighted by Gasteiger charge is 2.33. The fraction of sp³-hybridized carbons (Fsp3) is 0.500. The highest BCUT2D eigenvalue weighted by atomic mass is 35.5. The summed E-state index contributed by atoms with van der Waals surface area (Å²) in [6, 6.07) is 6.38. The van der Waals surface area contributed by atoms with Crippen LogP contribution in [0.15, 0.2) is 24.3 Å². The van der Waals surface area contributed by atoms with Crippen LogP contribution in [0.25, 0.3) is 0 Å². The predicted octanol–water partition coefficient (Wildman–Crippen LogP) is 2.40. The van der Waals surface area contributed by atoms with Gasteiger partial charge in [0.05, 0.1) is 10.3 Å². The number of halogens is 1. The summed E-state index contributed by atoms with van der Waals surface area (Å²) < 4.78 is 0. The van der Waals surface area contributed by atoms with Crippen molar-refractivity contribution in [2.75, 3.05) is 6.54 Å². The summed E-state index contributed by atoms with van der Waals surface area (Å²) in [5.41, 5.74) is 5.62. The smallest absolute Gasteiger partial charge is 0.274 e. The molecule has 0 saturated carbocycles. The number of nitrogens with zero attached hydrogens (tertiary/aromatic N) is 1. The van der Waals surface area contributed by atoms with Gasteiger partial charge in [-0.05, 0) is 12.8 Å². The van der Waals surface area contributed by atoms with Gasteiger partial charge in [0, 0.05) is 24.7 Å². The molecule has 1 amide bonds. The molecule has 7 heteroatoms. The van der Waals surface area contributed by atoms with E-state index in [4.69, 9.17) is 5.73 Å². The van der Waals surface area contributed by atoms with Crippen LogP contribution in [0.1, 0.15) is 32.3 Å². The SMILES string of the molecule is CCC(CC)(CN)C(=O)NCc1ccccc1[N+](=O)[O-].Cl. The van der Waals surface area contributed by atoms with Crippen LogP contribution in [-0.4, -0.2) is 17.4 Å². The fourth-order valence-electron chi connectivity index (χ4n) is 2.15. The van der Waals surface area contributed by atoms with E-state index in [9.17, 15) is 14.9 Å². The number of nitro groups is 1. The molecule has 0 aromatic heterocycles. The number of amides is 1. The molecule has 3 N–H and O–H groups in total. The molecule has 118 valence electrons. The number of para-hydroxylation sites is 1. The monoisotopic (exact) mass is 315 g/mol. The molecule has 0 spiro atoms. The topological polar surface area (TPSA) is 98.3 Å². The number of nitro benzene ring substituents is 1. The van der Waals surface area contributed by atoms with E-state index in [1.165, 1.54) is 6.07 Å². The summed E-state index contributed by atoms with van der Waals surface area (Å²) in [6.45, 7) is 4.24. The molecule has 1 aromatic carbocycles. The average Bonchev–Trinajstić information content (AvgIpc) is 2.47. The van der Waals surface area contributed by atoms with E-state index >= 15 is 0 Å². The van der Waals surface area contributed by atoms with E-state index < -0.39 is 10.3 Å². The van der Waals surface area contributed by atoms with Gasteiger partial charge in [-0.3, -0.25) is 14.9 Å². The first-order valence-electron chi connectivity index (χ1n) is 6.71. The number of hydrogen-bond acceptors (Lipinski definition) is 4. The van der Waals surface area contributed by atoms with Gasteiger partial charge in [-0.2, -0.15) is 0 Å². The van der Waals surface area contributed by atoms with Crippen molar-refractivity contribution in [3.8, 4) is 0 Å². The summed E-state index contributed by atoms with van der Waals surface area (Å²) in [4.78, 5) is 22.7. The Morgan fingerprint density at radius 2 is 1.90 bits per heavy atom. The lowest BCUT2D eigenvalue weighted by Gasteiger charge is -2.28. The van der Waals surface area contributed by atoms with Crippen LogP contribution in [0.5, 0.6) is 0 Å². The molecule has 0 bridgehead atoms. The van der Waals surface area contributed by atoms with Crippen molar-refractivity contribution in [3.63, 3.8) is 0 Å². The van der Waals surface area contributed by atoms with E-state index in [1.807, 2.05) is 13.8 Å². The lowest BCUT2D eigenvalue weighted by atomic mass is 9.81. The van der Waals surface area contributed by atoms with Crippen molar-refractivity contribution >= 4 is 24.0 Å². The van der Waals surface area contributed by atoms with Crippen molar-refractivity contribution in [2.24, 2.45) is 11.1 Å². The number of nitrogens with two attached hydrogens (primary N) is 1. The Morgan fingerprint density at radius 3 is 2.38 bits per heavy atom. The maximum absolute atomic E-state index is 12.3. The van der Waals surface area contributed by atoms with E-state index in [0.29, 0.717) is 18.4 Å². The third-order valence-corrected chi connectivity index (χ3v) is 3.85. The lowest BCUT2D eigenvalue weighted by Crippen LogP contribution is -2.45. The van der Waals surface area contributed by atoms with Crippen molar-refractivity contribution in [3.05, 3.63) is 39.9 Å². The summed E-state index contributed by atoms with van der Waals surface area (Å²) in [5, 5.41) is 13.7. The third kappa shape index (κ3) is 4.41. The Morgan fingerprint density at radius 1 is 1.33 bits per heavy atom. The Kier molecular flexibility index (Phi) is 7.91. The van der Waals surface area contributed by atoms with E-state index in [2.05, 4.69) is 5.32 Å². The average molecular weight is 316 g/mol. The molecule has 1 aromatic rings. The fourth-order valence-corrected chi connectivity index (χ4v) is 2.15. The molecule has 0 aliphatic rings. The first-order valence-corrected chi connectivity index (χ1v) is 6.71. The highest BCUT2D eigenvalue weighted by Crippen LogP contribution is 2.25. The predicted molar refractivity (Wildman–Crippen MR) is 84.3 cm³/mol. The second-order valence-electron chi connectivity index (χ2n) is 4.76. The van der Waals surface area contributed by atoms with Crippen LogP contribution in [0.3, 0.4) is 0 Å². The molecular formula is C14H22ClN3O3. The normalized spacial score (nSPS) is 10.6. The summed E-state index contributed by atoms with van der Waals surface area (Å²) in [5.74, 6) is -0.150. The zero-order valence-corrected chi connectivity index (χ0v) is 13.1. The Hall–Kier alpha value is -1.66. The van der Waals surface area contributed by atoms with Gasteiger partial charge >= 0.3 is 0 Å².